The number of pyridine rings is 3. The van der Waals surface area contributed by atoms with E-state index in [1.54, 1.807) is 105 Å². The minimum absolute atomic E-state index is 0.759. The summed E-state index contributed by atoms with van der Waals surface area (Å²) in [6.07, 6.45) is 36.8. The van der Waals surface area contributed by atoms with Crippen LogP contribution in [0.2, 0.25) is 0 Å². The van der Waals surface area contributed by atoms with E-state index < -0.39 is 0 Å². The summed E-state index contributed by atoms with van der Waals surface area (Å²) in [5.41, 5.74) is 9.62. The summed E-state index contributed by atoms with van der Waals surface area (Å²) in [6, 6.07) is 23.1. The lowest BCUT2D eigenvalue weighted by atomic mass is 10.3. The maximum absolute atomic E-state index is 3.98. The molecule has 0 N–H and O–H groups in total. The fraction of sp³-hybridized carbons (Fsp3) is 0.423. The molecule has 0 atom stereocenters. The Hall–Kier alpha value is -10.1. The Kier molecular flexibility index (Phi) is 125. The molecule has 11 rings (SSSR count). The molecule has 11 heterocycles. The maximum Gasteiger partial charge on any atom is 0.138 e. The monoisotopic (exact) mass is 1360 g/mol. The molecule has 0 aromatic carbocycles. The summed E-state index contributed by atoms with van der Waals surface area (Å²) >= 11 is 0. The van der Waals surface area contributed by atoms with Gasteiger partial charge in [0.15, 0.2) is 0 Å². The number of aryl methyl sites for hydroxylation is 11. The van der Waals surface area contributed by atoms with Crippen LogP contribution in [-0.4, -0.2) is 105 Å². The maximum atomic E-state index is 3.98. The van der Waals surface area contributed by atoms with Crippen molar-refractivity contribution in [2.45, 2.75) is 228 Å². The van der Waals surface area contributed by atoms with Gasteiger partial charge in [-0.2, -0.15) is 25.5 Å². The number of hydrogen-bond donors (Lipinski definition) is 0. The van der Waals surface area contributed by atoms with Crippen molar-refractivity contribution in [2.24, 2.45) is 0 Å². The van der Waals surface area contributed by atoms with Gasteiger partial charge in [0.2, 0.25) is 0 Å². The average Bonchev–Trinajstić information content (AvgIpc) is 3.72. The van der Waals surface area contributed by atoms with Gasteiger partial charge in [-0.25, -0.2) is 49.8 Å². The lowest BCUT2D eigenvalue weighted by molar-refractivity contribution is 0.939. The lowest BCUT2D eigenvalue weighted by Gasteiger charge is -1.82. The zero-order chi connectivity index (χ0) is 78.2. The Morgan fingerprint density at radius 2 is 0.616 bits per heavy atom. The topological polar surface area (TPSA) is 271 Å². The fourth-order valence-electron chi connectivity index (χ4n) is 4.13. The van der Waals surface area contributed by atoms with Crippen LogP contribution in [0.25, 0.3) is 0 Å². The molecule has 11 aromatic rings. The van der Waals surface area contributed by atoms with Crippen molar-refractivity contribution in [3.8, 4) is 0 Å². The third-order valence-electron chi connectivity index (χ3n) is 7.96. The van der Waals surface area contributed by atoms with Crippen molar-refractivity contribution in [1.29, 1.82) is 0 Å². The van der Waals surface area contributed by atoms with E-state index in [0.717, 1.165) is 51.2 Å². The summed E-state index contributed by atoms with van der Waals surface area (Å²) < 4.78 is 0. The molecule has 0 bridgehead atoms. The number of hydrogen-bond acceptors (Lipinski definition) is 21. The lowest BCUT2D eigenvalue weighted by Crippen LogP contribution is -1.84. The van der Waals surface area contributed by atoms with Gasteiger partial charge in [0.25, 0.3) is 0 Å². The molecule has 0 amide bonds. The molecular weight excluding hydrogens is 1230 g/mol. The second-order valence-electron chi connectivity index (χ2n) is 15.2. The van der Waals surface area contributed by atoms with Crippen LogP contribution in [0.15, 0.2) is 210 Å². The van der Waals surface area contributed by atoms with Gasteiger partial charge in [-0.3, -0.25) is 24.9 Å². The molecule has 21 nitrogen and oxygen atoms in total. The molecule has 550 valence electrons. The molecule has 11 aromatic heterocycles. The average molecular weight is 1370 g/mol. The number of rotatable bonds is 0. The van der Waals surface area contributed by atoms with Crippen LogP contribution in [-0.2, 0) is 0 Å². The first kappa shape index (κ1) is 113. The molecular formula is C78H133N21. The first-order valence-electron chi connectivity index (χ1n) is 34.5. The minimum atomic E-state index is 0.759. The summed E-state index contributed by atoms with van der Waals surface area (Å²) in [5.74, 6) is 1.58. The van der Waals surface area contributed by atoms with E-state index in [2.05, 4.69) is 105 Å². The predicted molar refractivity (Wildman–Crippen MR) is 421 cm³/mol. The number of nitrogens with zero attached hydrogens (tertiary/aromatic N) is 21. The molecule has 21 heteroatoms. The van der Waals surface area contributed by atoms with Gasteiger partial charge in [-0.1, -0.05) is 164 Å². The van der Waals surface area contributed by atoms with Crippen LogP contribution in [0.3, 0.4) is 0 Å². The Morgan fingerprint density at radius 3 is 0.838 bits per heavy atom. The zero-order valence-electron chi connectivity index (χ0n) is 67.5. The molecule has 0 aliphatic carbocycles. The van der Waals surface area contributed by atoms with Gasteiger partial charge in [0.05, 0.1) is 29.5 Å². The molecule has 0 aliphatic rings. The van der Waals surface area contributed by atoms with E-state index in [-0.39, 0.29) is 0 Å². The second-order valence-corrected chi connectivity index (χ2v) is 15.2. The van der Waals surface area contributed by atoms with Crippen molar-refractivity contribution in [2.75, 3.05) is 0 Å². The van der Waals surface area contributed by atoms with Gasteiger partial charge in [-0.05, 0) is 159 Å². The van der Waals surface area contributed by atoms with Gasteiger partial charge in [-0.15, -0.1) is 5.10 Å². The van der Waals surface area contributed by atoms with Crippen molar-refractivity contribution in [3.63, 3.8) is 0 Å². The normalized spacial score (nSPS) is 7.44. The van der Waals surface area contributed by atoms with E-state index >= 15 is 0 Å². The molecule has 0 unspecified atom stereocenters. The Balaban J connectivity index is -0.0000000929. The third-order valence-corrected chi connectivity index (χ3v) is 7.96. The van der Waals surface area contributed by atoms with E-state index in [4.69, 9.17) is 0 Å². The standard InChI is InChI=1S/3C6H7N.6C5H6N2.2C4H5N3.11C2H6/c1-6-2-4-7-5-3-6;1-6-3-2-4-7-5-6;1-6-4-2-3-5-7-6;1-5-2-6-4-7-3-5;1-5-4-6-2-3-7-5;1-5-2-3-6-4-7-5;1-5-2-3-6-7-4-5;1-5-6-3-2-4-7-5;1-5-3-2-4-6-7-5;1-4-6-2-5-3-7-4;1-4-2-6-7-3-5-4;11*1-2/h3*2-5H,1H3;6*2-4H,1H3;2*2-3H,1H3;11*1-2H3. The molecule has 0 saturated heterocycles. The summed E-state index contributed by atoms with van der Waals surface area (Å²) in [4.78, 5) is 57.3. The van der Waals surface area contributed by atoms with E-state index in [9.17, 15) is 0 Å². The highest BCUT2D eigenvalue weighted by Crippen LogP contribution is 1.91. The van der Waals surface area contributed by atoms with Crippen LogP contribution in [0, 0.1) is 76.2 Å². The third kappa shape index (κ3) is 107. The van der Waals surface area contributed by atoms with Crippen molar-refractivity contribution >= 4 is 0 Å². The van der Waals surface area contributed by atoms with Gasteiger partial charge in [0, 0.05) is 104 Å². The Morgan fingerprint density at radius 1 is 0.182 bits per heavy atom. The van der Waals surface area contributed by atoms with Crippen LogP contribution < -0.4 is 0 Å². The van der Waals surface area contributed by atoms with Crippen LogP contribution >= 0.6 is 0 Å². The van der Waals surface area contributed by atoms with E-state index in [0.29, 0.717) is 0 Å². The predicted octanol–water partition coefficient (Wildman–Crippen LogP) is 20.5. The largest absolute Gasteiger partial charge is 0.265 e. The van der Waals surface area contributed by atoms with E-state index in [1.165, 1.54) is 42.8 Å². The first-order valence-corrected chi connectivity index (χ1v) is 34.5. The molecule has 0 saturated carbocycles. The van der Waals surface area contributed by atoms with E-state index in [1.807, 2.05) is 301 Å². The van der Waals surface area contributed by atoms with Gasteiger partial charge >= 0.3 is 0 Å². The number of aromatic nitrogens is 21. The van der Waals surface area contributed by atoms with Gasteiger partial charge < -0.3 is 0 Å². The second kappa shape index (κ2) is 109. The van der Waals surface area contributed by atoms with Gasteiger partial charge in [0.1, 0.15) is 43.3 Å². The fourth-order valence-corrected chi connectivity index (χ4v) is 4.13. The highest BCUT2D eigenvalue weighted by Gasteiger charge is 1.81. The van der Waals surface area contributed by atoms with Crippen LogP contribution in [0.1, 0.15) is 215 Å². The molecule has 0 spiro atoms. The molecule has 99 heavy (non-hydrogen) atoms. The van der Waals surface area contributed by atoms with Crippen molar-refractivity contribution in [1.82, 2.24) is 105 Å². The quantitative estimate of drug-likeness (QED) is 0.136. The molecule has 0 fully saturated rings. The highest BCUT2D eigenvalue weighted by atomic mass is 15.1. The van der Waals surface area contributed by atoms with Crippen LogP contribution in [0.5, 0.6) is 0 Å². The summed E-state index contributed by atoms with van der Waals surface area (Å²) in [7, 11) is 0. The minimum Gasteiger partial charge on any atom is -0.265 e. The van der Waals surface area contributed by atoms with Crippen LogP contribution in [0.4, 0.5) is 0 Å². The molecule has 0 radical (unpaired) electrons. The Labute approximate surface area is 603 Å². The molecule has 0 aliphatic heterocycles. The summed E-state index contributed by atoms with van der Waals surface area (Å²) in [6.45, 7) is 65.3. The summed E-state index contributed by atoms with van der Waals surface area (Å²) in [5, 5.41) is 21.6. The van der Waals surface area contributed by atoms with Crippen molar-refractivity contribution in [3.05, 3.63) is 272 Å². The Bertz CT molecular complexity index is 2220. The zero-order valence-corrected chi connectivity index (χ0v) is 67.5. The highest BCUT2D eigenvalue weighted by molar-refractivity contribution is 5.06. The van der Waals surface area contributed by atoms with Crippen molar-refractivity contribution < 1.29 is 0 Å². The first-order chi connectivity index (χ1) is 48.3. The smallest absolute Gasteiger partial charge is 0.138 e. The SMILES string of the molecule is CC.CC.CC.CC.CC.CC.CC.CC.CC.CC.CC.Cc1ccccn1.Cc1cccnc1.Cc1cccnn1.Cc1ccncc1.Cc1ccncn1.Cc1ccnnc1.Cc1cnccn1.Cc1cncnc1.Cc1cnncn1.Cc1ncccn1.Cc1ncncn1.